The molecule has 1 N–H and O–H groups in total. The van der Waals surface area contributed by atoms with Crippen LogP contribution in [0.15, 0.2) is 59.2 Å². The van der Waals surface area contributed by atoms with E-state index < -0.39 is 5.97 Å². The molecule has 6 heteroatoms. The van der Waals surface area contributed by atoms with E-state index in [9.17, 15) is 9.59 Å². The number of hydrogen-bond acceptors (Lipinski definition) is 5. The normalized spacial score (nSPS) is 10.6. The highest BCUT2D eigenvalue weighted by molar-refractivity contribution is 5.90. The van der Waals surface area contributed by atoms with Crippen molar-refractivity contribution >= 4 is 11.9 Å². The number of ether oxygens (including phenoxy) is 1. The van der Waals surface area contributed by atoms with Gasteiger partial charge in [0.2, 0.25) is 5.91 Å². The van der Waals surface area contributed by atoms with E-state index in [2.05, 4.69) is 10.3 Å². The third-order valence-electron chi connectivity index (χ3n) is 4.50. The van der Waals surface area contributed by atoms with Crippen molar-refractivity contribution in [1.29, 1.82) is 0 Å². The van der Waals surface area contributed by atoms with Crippen molar-refractivity contribution in [3.63, 3.8) is 0 Å². The zero-order valence-electron chi connectivity index (χ0n) is 16.6. The van der Waals surface area contributed by atoms with Crippen LogP contribution in [0.25, 0.3) is 11.5 Å². The predicted molar refractivity (Wildman–Crippen MR) is 109 cm³/mol. The van der Waals surface area contributed by atoms with Crippen LogP contribution in [0.4, 0.5) is 0 Å². The summed E-state index contributed by atoms with van der Waals surface area (Å²) in [4.78, 5) is 28.6. The van der Waals surface area contributed by atoms with Gasteiger partial charge in [-0.05, 0) is 50.1 Å². The number of aryl methyl sites for hydroxylation is 3. The number of hydrogen-bond donors (Lipinski definition) is 1. The van der Waals surface area contributed by atoms with Crippen LogP contribution in [0, 0.1) is 13.8 Å². The van der Waals surface area contributed by atoms with Gasteiger partial charge in [0.05, 0.1) is 24.1 Å². The Morgan fingerprint density at radius 1 is 1.07 bits per heavy atom. The number of carbonyl (C=O) groups excluding carboxylic acids is 2. The number of furan rings is 1. The van der Waals surface area contributed by atoms with E-state index in [0.29, 0.717) is 35.6 Å². The van der Waals surface area contributed by atoms with Crippen molar-refractivity contribution in [3.05, 3.63) is 77.2 Å². The van der Waals surface area contributed by atoms with Crippen LogP contribution in [-0.4, -0.2) is 30.0 Å². The highest BCUT2D eigenvalue weighted by atomic mass is 16.5. The van der Waals surface area contributed by atoms with Crippen molar-refractivity contribution < 1.29 is 18.7 Å². The van der Waals surface area contributed by atoms with Crippen LogP contribution in [0.1, 0.15) is 33.6 Å². The Hall–Kier alpha value is -3.41. The van der Waals surface area contributed by atoms with Gasteiger partial charge in [-0.1, -0.05) is 29.8 Å². The van der Waals surface area contributed by atoms with Gasteiger partial charge in [-0.3, -0.25) is 4.79 Å². The lowest BCUT2D eigenvalue weighted by Gasteiger charge is -2.09. The Bertz CT molecular complexity index is 963. The van der Waals surface area contributed by atoms with Gasteiger partial charge in [-0.15, -0.1) is 0 Å². The third-order valence-corrected chi connectivity index (χ3v) is 4.50. The van der Waals surface area contributed by atoms with Crippen LogP contribution >= 0.6 is 0 Å². The molecule has 0 aliphatic carbocycles. The molecule has 0 saturated heterocycles. The molecule has 0 aliphatic rings. The van der Waals surface area contributed by atoms with Crippen molar-refractivity contribution in [2.24, 2.45) is 0 Å². The predicted octanol–water partition coefficient (Wildman–Crippen LogP) is 3.86. The van der Waals surface area contributed by atoms with Crippen LogP contribution in [0.3, 0.4) is 0 Å². The minimum absolute atomic E-state index is 0.0673. The number of benzene rings is 1. The number of pyridine rings is 1. The summed E-state index contributed by atoms with van der Waals surface area (Å²) in [6.07, 6.45) is 2.65. The fourth-order valence-corrected chi connectivity index (χ4v) is 2.85. The minimum Gasteiger partial charge on any atom is -0.463 e. The van der Waals surface area contributed by atoms with Crippen molar-refractivity contribution in [3.8, 4) is 11.5 Å². The van der Waals surface area contributed by atoms with Gasteiger partial charge < -0.3 is 14.5 Å². The van der Waals surface area contributed by atoms with E-state index in [1.807, 2.05) is 31.2 Å². The van der Waals surface area contributed by atoms with Crippen molar-refractivity contribution in [1.82, 2.24) is 10.3 Å². The van der Waals surface area contributed by atoms with Crippen LogP contribution in [-0.2, 0) is 16.0 Å². The maximum Gasteiger partial charge on any atom is 0.340 e. The first-order valence-electron chi connectivity index (χ1n) is 9.54. The summed E-state index contributed by atoms with van der Waals surface area (Å²) in [6.45, 7) is 4.16. The molecule has 3 aromatic rings. The quantitative estimate of drug-likeness (QED) is 0.465. The second kappa shape index (κ2) is 9.68. The van der Waals surface area contributed by atoms with Crippen molar-refractivity contribution in [2.45, 2.75) is 26.7 Å². The Kier molecular flexibility index (Phi) is 6.79. The second-order valence-electron chi connectivity index (χ2n) is 6.78. The number of amides is 1. The molecule has 2 heterocycles. The van der Waals surface area contributed by atoms with E-state index in [1.54, 1.807) is 37.5 Å². The summed E-state index contributed by atoms with van der Waals surface area (Å²) in [6, 6.07) is 15.1. The van der Waals surface area contributed by atoms with Gasteiger partial charge in [0.15, 0.2) is 5.76 Å². The fraction of sp³-hybridized carbons (Fsp3) is 0.261. The molecule has 0 unspecified atom stereocenters. The molecule has 0 spiro atoms. The lowest BCUT2D eigenvalue weighted by molar-refractivity contribution is -0.121. The fourth-order valence-electron chi connectivity index (χ4n) is 2.85. The first-order chi connectivity index (χ1) is 14.0. The van der Waals surface area contributed by atoms with Gasteiger partial charge in [0.25, 0.3) is 0 Å². The van der Waals surface area contributed by atoms with E-state index >= 15 is 0 Å². The summed E-state index contributed by atoms with van der Waals surface area (Å²) in [5, 5.41) is 2.77. The molecular weight excluding hydrogens is 368 g/mol. The molecule has 0 aliphatic heterocycles. The molecule has 0 radical (unpaired) electrons. The average Bonchev–Trinajstić information content (AvgIpc) is 3.25. The molecule has 0 saturated carbocycles. The Morgan fingerprint density at radius 3 is 2.55 bits per heavy atom. The number of carbonyl (C=O) groups is 2. The molecule has 150 valence electrons. The molecule has 0 fully saturated rings. The van der Waals surface area contributed by atoms with E-state index in [4.69, 9.17) is 9.15 Å². The Balaban J connectivity index is 1.40. The molecule has 1 amide bonds. The lowest BCUT2D eigenvalue weighted by atomic mass is 10.1. The summed E-state index contributed by atoms with van der Waals surface area (Å²) >= 11 is 0. The smallest absolute Gasteiger partial charge is 0.340 e. The number of rotatable bonds is 8. The van der Waals surface area contributed by atoms with Gasteiger partial charge in [0, 0.05) is 6.42 Å². The molecule has 1 aromatic carbocycles. The third kappa shape index (κ3) is 5.78. The first-order valence-corrected chi connectivity index (χ1v) is 9.54. The molecular formula is C23H24N2O4. The maximum absolute atomic E-state index is 12.2. The monoisotopic (exact) mass is 392 g/mol. The minimum atomic E-state index is -0.463. The summed E-state index contributed by atoms with van der Waals surface area (Å²) in [5.74, 6) is 0.110. The highest BCUT2D eigenvalue weighted by Crippen LogP contribution is 2.19. The number of esters is 1. The Labute approximate surface area is 169 Å². The van der Waals surface area contributed by atoms with E-state index in [-0.39, 0.29) is 19.1 Å². The summed E-state index contributed by atoms with van der Waals surface area (Å²) in [5.41, 5.74) is 3.93. The zero-order chi connectivity index (χ0) is 20.6. The Morgan fingerprint density at radius 2 is 1.86 bits per heavy atom. The highest BCUT2D eigenvalue weighted by Gasteiger charge is 2.13. The number of aromatic nitrogens is 1. The average molecular weight is 392 g/mol. The van der Waals surface area contributed by atoms with Gasteiger partial charge in [0.1, 0.15) is 12.3 Å². The molecule has 2 aromatic heterocycles. The molecule has 0 atom stereocenters. The molecule has 29 heavy (non-hydrogen) atoms. The SMILES string of the molecule is Cc1ccc(CCC(=O)NCCOC(=O)c2ccc(-c3ccco3)nc2C)cc1. The number of nitrogens with zero attached hydrogens (tertiary/aromatic N) is 1. The molecule has 3 rings (SSSR count). The molecule has 0 bridgehead atoms. The molecule has 6 nitrogen and oxygen atoms in total. The van der Waals surface area contributed by atoms with E-state index in [0.717, 1.165) is 5.56 Å². The van der Waals surface area contributed by atoms with Crippen LogP contribution < -0.4 is 5.32 Å². The van der Waals surface area contributed by atoms with Gasteiger partial charge in [-0.25, -0.2) is 9.78 Å². The summed E-state index contributed by atoms with van der Waals surface area (Å²) < 4.78 is 10.6. The standard InChI is InChI=1S/C23H24N2O4/c1-16-5-7-18(8-6-16)9-12-22(26)24-13-15-29-23(27)19-10-11-20(25-17(19)2)21-4-3-14-28-21/h3-8,10-11,14H,9,12-13,15H2,1-2H3,(H,24,26). The van der Waals surface area contributed by atoms with Gasteiger partial charge >= 0.3 is 5.97 Å². The van der Waals surface area contributed by atoms with E-state index in [1.165, 1.54) is 5.56 Å². The lowest BCUT2D eigenvalue weighted by Crippen LogP contribution is -2.28. The first kappa shape index (κ1) is 20.3. The van der Waals surface area contributed by atoms with Crippen LogP contribution in [0.5, 0.6) is 0 Å². The van der Waals surface area contributed by atoms with Crippen LogP contribution in [0.2, 0.25) is 0 Å². The zero-order valence-corrected chi connectivity index (χ0v) is 16.6. The van der Waals surface area contributed by atoms with Gasteiger partial charge in [-0.2, -0.15) is 0 Å². The topological polar surface area (TPSA) is 81.4 Å². The number of nitrogens with one attached hydrogen (secondary N) is 1. The summed E-state index contributed by atoms with van der Waals surface area (Å²) in [7, 11) is 0. The maximum atomic E-state index is 12.2. The van der Waals surface area contributed by atoms with Crippen molar-refractivity contribution in [2.75, 3.05) is 13.2 Å². The largest absolute Gasteiger partial charge is 0.463 e. The second-order valence-corrected chi connectivity index (χ2v) is 6.78.